The zero-order valence-corrected chi connectivity index (χ0v) is 16.0. The van der Waals surface area contributed by atoms with E-state index >= 15 is 0 Å². The first-order chi connectivity index (χ1) is 12.6. The van der Waals surface area contributed by atoms with E-state index in [1.807, 2.05) is 4.90 Å². The van der Waals surface area contributed by atoms with Crippen molar-refractivity contribution in [1.82, 2.24) is 9.88 Å². The molecule has 26 heavy (non-hydrogen) atoms. The summed E-state index contributed by atoms with van der Waals surface area (Å²) < 4.78 is 5.55. The monoisotopic (exact) mass is 376 g/mol. The third-order valence-corrected chi connectivity index (χ3v) is 8.19. The molecule has 3 N–H and O–H groups in total. The summed E-state index contributed by atoms with van der Waals surface area (Å²) in [6, 6.07) is 0.263. The second-order valence-electron chi connectivity index (χ2n) is 8.68. The predicted octanol–water partition coefficient (Wildman–Crippen LogP) is 2.63. The van der Waals surface area contributed by atoms with Gasteiger partial charge in [-0.3, -0.25) is 5.32 Å². The Bertz CT molecular complexity index is 700. The van der Waals surface area contributed by atoms with Crippen molar-refractivity contribution in [2.75, 3.05) is 31.6 Å². The average molecular weight is 377 g/mol. The Morgan fingerprint density at radius 3 is 2.92 bits per heavy atom. The van der Waals surface area contributed by atoms with E-state index in [2.05, 4.69) is 5.32 Å². The van der Waals surface area contributed by atoms with Gasteiger partial charge in [0.1, 0.15) is 0 Å². The van der Waals surface area contributed by atoms with E-state index < -0.39 is 0 Å². The first-order valence-corrected chi connectivity index (χ1v) is 10.8. The molecule has 0 aromatic carbocycles. The van der Waals surface area contributed by atoms with Gasteiger partial charge in [-0.1, -0.05) is 0 Å². The Kier molecular flexibility index (Phi) is 4.21. The Balaban J connectivity index is 1.24. The number of hydrogen-bond acceptors (Lipinski definition) is 5. The van der Waals surface area contributed by atoms with Gasteiger partial charge in [-0.2, -0.15) is 0 Å². The summed E-state index contributed by atoms with van der Waals surface area (Å²) in [6.45, 7) is 3.42. The van der Waals surface area contributed by atoms with Crippen molar-refractivity contribution in [2.45, 2.75) is 51.0 Å². The Labute approximate surface area is 158 Å². The van der Waals surface area contributed by atoms with E-state index in [0.717, 1.165) is 70.0 Å². The maximum atomic E-state index is 12.7. The van der Waals surface area contributed by atoms with Gasteiger partial charge in [0.05, 0.1) is 5.69 Å². The smallest absolute Gasteiger partial charge is 0.323 e. The molecule has 2 aliphatic carbocycles. The van der Waals surface area contributed by atoms with E-state index in [9.17, 15) is 4.79 Å². The lowest BCUT2D eigenvalue weighted by Gasteiger charge is -2.39. The molecule has 4 aliphatic rings. The molecule has 0 radical (unpaired) electrons. The van der Waals surface area contributed by atoms with Gasteiger partial charge < -0.3 is 15.4 Å². The molecule has 2 aliphatic heterocycles. The highest BCUT2D eigenvalue weighted by molar-refractivity contribution is 7.15. The van der Waals surface area contributed by atoms with Crippen LogP contribution in [-0.2, 0) is 17.6 Å². The minimum atomic E-state index is -0.00141. The Morgan fingerprint density at radius 2 is 2.12 bits per heavy atom. The minimum Gasteiger partial charge on any atom is -0.381 e. The van der Waals surface area contributed by atoms with Gasteiger partial charge in [0.15, 0.2) is 5.13 Å². The highest BCUT2D eigenvalue weighted by Gasteiger charge is 2.43. The summed E-state index contributed by atoms with van der Waals surface area (Å²) in [6.07, 6.45) is 7.91. The molecule has 3 fully saturated rings. The standard InChI is InChI=1S/C19H28N4O2S/c20-14-2-1-12-10-23(11-13(12)14)18(24)22-17-21-15-3-4-19(9-16(15)26-17)5-7-25-8-6-19/h12-14H,1-11,20H2,(H,21,22,24). The normalized spacial score (nSPS) is 32.5. The Hall–Kier alpha value is -1.18. The quantitative estimate of drug-likeness (QED) is 0.790. The third-order valence-electron chi connectivity index (χ3n) is 7.17. The van der Waals surface area contributed by atoms with Gasteiger partial charge in [-0.15, -0.1) is 11.3 Å². The van der Waals surface area contributed by atoms with E-state index in [1.165, 1.54) is 17.0 Å². The fraction of sp³-hybridized carbons (Fsp3) is 0.789. The zero-order chi connectivity index (χ0) is 17.7. The summed E-state index contributed by atoms with van der Waals surface area (Å²) in [5, 5.41) is 3.83. The van der Waals surface area contributed by atoms with Gasteiger partial charge in [-0.25, -0.2) is 9.78 Å². The molecule has 2 saturated heterocycles. The van der Waals surface area contributed by atoms with E-state index in [-0.39, 0.29) is 12.1 Å². The number of ether oxygens (including phenoxy) is 1. The summed E-state index contributed by atoms with van der Waals surface area (Å²) in [4.78, 5) is 20.7. The summed E-state index contributed by atoms with van der Waals surface area (Å²) in [5.74, 6) is 1.08. The van der Waals surface area contributed by atoms with Crippen LogP contribution in [0.15, 0.2) is 0 Å². The molecule has 7 heteroatoms. The molecule has 1 aromatic heterocycles. The number of aryl methyl sites for hydroxylation is 1. The van der Waals surface area contributed by atoms with Crippen molar-refractivity contribution in [2.24, 2.45) is 23.0 Å². The lowest BCUT2D eigenvalue weighted by atomic mass is 9.70. The molecule has 1 saturated carbocycles. The number of nitrogens with zero attached hydrogens (tertiary/aromatic N) is 2. The summed E-state index contributed by atoms with van der Waals surface area (Å²) >= 11 is 1.68. The van der Waals surface area contributed by atoms with Crippen LogP contribution >= 0.6 is 11.3 Å². The minimum absolute atomic E-state index is 0.00141. The molecule has 5 rings (SSSR count). The molecule has 3 heterocycles. The highest BCUT2D eigenvalue weighted by atomic mass is 32.1. The van der Waals surface area contributed by atoms with E-state index in [1.54, 1.807) is 11.3 Å². The number of aromatic nitrogens is 1. The van der Waals surface area contributed by atoms with Crippen molar-refractivity contribution >= 4 is 22.5 Å². The summed E-state index contributed by atoms with van der Waals surface area (Å²) in [7, 11) is 0. The number of urea groups is 1. The van der Waals surface area contributed by atoms with Gasteiger partial charge in [0.25, 0.3) is 0 Å². The molecular formula is C19H28N4O2S. The Morgan fingerprint density at radius 1 is 1.27 bits per heavy atom. The van der Waals surface area contributed by atoms with Crippen molar-refractivity contribution < 1.29 is 9.53 Å². The molecule has 1 aromatic rings. The lowest BCUT2D eigenvalue weighted by molar-refractivity contribution is 0.00784. The molecule has 1 spiro atoms. The van der Waals surface area contributed by atoms with Crippen LogP contribution in [0.5, 0.6) is 0 Å². The number of rotatable bonds is 1. The topological polar surface area (TPSA) is 80.5 Å². The predicted molar refractivity (Wildman–Crippen MR) is 101 cm³/mol. The number of hydrogen-bond donors (Lipinski definition) is 2. The molecular weight excluding hydrogens is 348 g/mol. The second kappa shape index (κ2) is 6.46. The number of fused-ring (bicyclic) bond motifs is 2. The number of anilines is 1. The van der Waals surface area contributed by atoms with Gasteiger partial charge in [0.2, 0.25) is 0 Å². The van der Waals surface area contributed by atoms with Crippen molar-refractivity contribution in [1.29, 1.82) is 0 Å². The molecule has 3 unspecified atom stereocenters. The van der Waals surface area contributed by atoms with E-state index in [0.29, 0.717) is 17.3 Å². The van der Waals surface area contributed by atoms with E-state index in [4.69, 9.17) is 15.5 Å². The van der Waals surface area contributed by atoms with Crippen LogP contribution in [0.4, 0.5) is 9.93 Å². The largest absolute Gasteiger partial charge is 0.381 e. The molecule has 2 amide bonds. The number of nitrogens with one attached hydrogen (secondary N) is 1. The van der Waals surface area contributed by atoms with Gasteiger partial charge in [0, 0.05) is 37.2 Å². The van der Waals surface area contributed by atoms with Crippen molar-refractivity contribution in [3.8, 4) is 0 Å². The number of likely N-dealkylation sites (tertiary alicyclic amines) is 1. The van der Waals surface area contributed by atoms with Crippen LogP contribution in [0.1, 0.15) is 42.7 Å². The number of amides is 2. The SMILES string of the molecule is NC1CCC2CN(C(=O)Nc3nc4c(s3)CC3(CCOCC3)CC4)CC12. The van der Waals surface area contributed by atoms with Crippen molar-refractivity contribution in [3.63, 3.8) is 0 Å². The molecule has 142 valence electrons. The molecule has 0 bridgehead atoms. The van der Waals surface area contributed by atoms with Gasteiger partial charge >= 0.3 is 6.03 Å². The first-order valence-electron chi connectivity index (χ1n) is 10.00. The van der Waals surface area contributed by atoms with Gasteiger partial charge in [-0.05, 0) is 62.2 Å². The lowest BCUT2D eigenvalue weighted by Crippen LogP contribution is -2.36. The number of nitrogens with two attached hydrogens (primary N) is 1. The summed E-state index contributed by atoms with van der Waals surface area (Å²) in [5.41, 5.74) is 7.79. The van der Waals surface area contributed by atoms with Crippen LogP contribution in [0, 0.1) is 17.3 Å². The number of carbonyl (C=O) groups is 1. The first kappa shape index (κ1) is 17.0. The average Bonchev–Trinajstić information content (AvgIpc) is 3.31. The molecule has 6 nitrogen and oxygen atoms in total. The van der Waals surface area contributed by atoms with Crippen LogP contribution < -0.4 is 11.1 Å². The van der Waals surface area contributed by atoms with Crippen LogP contribution in [0.2, 0.25) is 0 Å². The zero-order valence-electron chi connectivity index (χ0n) is 15.2. The fourth-order valence-electron chi connectivity index (χ4n) is 5.46. The van der Waals surface area contributed by atoms with Crippen LogP contribution in [0.25, 0.3) is 0 Å². The highest BCUT2D eigenvalue weighted by Crippen LogP contribution is 2.45. The maximum absolute atomic E-state index is 12.7. The molecule has 3 atom stereocenters. The fourth-order valence-corrected chi connectivity index (χ4v) is 6.63. The number of thiazole rings is 1. The maximum Gasteiger partial charge on any atom is 0.323 e. The third kappa shape index (κ3) is 2.94. The second-order valence-corrected chi connectivity index (χ2v) is 9.76. The van der Waals surface area contributed by atoms with Crippen LogP contribution in [0.3, 0.4) is 0 Å². The van der Waals surface area contributed by atoms with Crippen molar-refractivity contribution in [3.05, 3.63) is 10.6 Å². The number of carbonyl (C=O) groups excluding carboxylic acids is 1. The van der Waals surface area contributed by atoms with Crippen LogP contribution in [-0.4, -0.2) is 48.3 Å².